The first-order valence-electron chi connectivity index (χ1n) is 6.12. The third-order valence-corrected chi connectivity index (χ3v) is 3.65. The molecular weight excluding hydrogens is 202 g/mol. The number of hydrazine groups is 1. The van der Waals surface area contributed by atoms with E-state index in [1.807, 2.05) is 7.05 Å². The summed E-state index contributed by atoms with van der Waals surface area (Å²) in [5.74, 6) is 6.50. The largest absolute Gasteiger partial charge is 0.271 e. The van der Waals surface area contributed by atoms with Crippen LogP contribution in [0.25, 0.3) is 0 Å². The molecule has 5 nitrogen and oxygen atoms in total. The fourth-order valence-electron chi connectivity index (χ4n) is 2.63. The summed E-state index contributed by atoms with van der Waals surface area (Å²) < 4.78 is 1.79. The summed E-state index contributed by atoms with van der Waals surface area (Å²) in [5.41, 5.74) is 3.94. The summed E-state index contributed by atoms with van der Waals surface area (Å²) in [6, 6.07) is 0.181. The molecule has 3 N–H and O–H groups in total. The number of hydrogen-bond donors (Lipinski definition) is 2. The maximum Gasteiger partial charge on any atom is 0.0766 e. The van der Waals surface area contributed by atoms with Crippen molar-refractivity contribution in [3.8, 4) is 0 Å². The van der Waals surface area contributed by atoms with E-state index in [-0.39, 0.29) is 6.04 Å². The Kier molecular flexibility index (Phi) is 3.90. The van der Waals surface area contributed by atoms with Crippen LogP contribution >= 0.6 is 0 Å². The Hall–Kier alpha value is -0.940. The fraction of sp³-hybridized carbons (Fsp3) is 0.818. The summed E-state index contributed by atoms with van der Waals surface area (Å²) >= 11 is 0. The van der Waals surface area contributed by atoms with Crippen LogP contribution in [-0.2, 0) is 7.05 Å². The van der Waals surface area contributed by atoms with Crippen LogP contribution < -0.4 is 11.3 Å². The van der Waals surface area contributed by atoms with Crippen molar-refractivity contribution in [2.45, 2.75) is 44.6 Å². The van der Waals surface area contributed by atoms with Crippen LogP contribution in [0.2, 0.25) is 0 Å². The van der Waals surface area contributed by atoms with Crippen molar-refractivity contribution in [2.75, 3.05) is 0 Å². The SMILES string of the molecule is Cn1nncc1C(CCC1CCCC1)NN. The molecule has 0 aromatic carbocycles. The highest BCUT2D eigenvalue weighted by molar-refractivity contribution is 5.01. The molecule has 0 amide bonds. The second-order valence-electron chi connectivity index (χ2n) is 4.73. The molecule has 1 unspecified atom stereocenters. The first kappa shape index (κ1) is 11.5. The van der Waals surface area contributed by atoms with E-state index in [0.29, 0.717) is 0 Å². The quantitative estimate of drug-likeness (QED) is 0.583. The van der Waals surface area contributed by atoms with Gasteiger partial charge < -0.3 is 0 Å². The molecule has 1 aromatic rings. The average molecular weight is 223 g/mol. The van der Waals surface area contributed by atoms with Crippen LogP contribution in [0.5, 0.6) is 0 Å². The minimum atomic E-state index is 0.181. The van der Waals surface area contributed by atoms with Gasteiger partial charge in [-0.05, 0) is 18.8 Å². The first-order valence-corrected chi connectivity index (χ1v) is 6.12. The third-order valence-electron chi connectivity index (χ3n) is 3.65. The van der Waals surface area contributed by atoms with Gasteiger partial charge in [0.2, 0.25) is 0 Å². The lowest BCUT2D eigenvalue weighted by atomic mass is 9.97. The molecule has 2 rings (SSSR count). The first-order chi connectivity index (χ1) is 7.81. The number of nitrogens with two attached hydrogens (primary N) is 1. The van der Waals surface area contributed by atoms with Gasteiger partial charge in [-0.3, -0.25) is 16.0 Å². The van der Waals surface area contributed by atoms with Gasteiger partial charge in [-0.2, -0.15) is 0 Å². The van der Waals surface area contributed by atoms with Crippen LogP contribution in [0.3, 0.4) is 0 Å². The number of aryl methyl sites for hydroxylation is 1. The van der Waals surface area contributed by atoms with Gasteiger partial charge in [0.05, 0.1) is 17.9 Å². The van der Waals surface area contributed by atoms with E-state index in [9.17, 15) is 0 Å². The van der Waals surface area contributed by atoms with Crippen molar-refractivity contribution in [3.05, 3.63) is 11.9 Å². The highest BCUT2D eigenvalue weighted by Gasteiger charge is 2.19. The maximum atomic E-state index is 5.60. The van der Waals surface area contributed by atoms with Crippen molar-refractivity contribution < 1.29 is 0 Å². The van der Waals surface area contributed by atoms with Crippen molar-refractivity contribution >= 4 is 0 Å². The molecule has 1 aromatic heterocycles. The molecular formula is C11H21N5. The van der Waals surface area contributed by atoms with E-state index in [1.54, 1.807) is 10.9 Å². The molecule has 5 heteroatoms. The van der Waals surface area contributed by atoms with Gasteiger partial charge in [-0.25, -0.2) is 0 Å². The summed E-state index contributed by atoms with van der Waals surface area (Å²) in [5, 5.41) is 7.82. The minimum Gasteiger partial charge on any atom is -0.271 e. The number of rotatable bonds is 5. The van der Waals surface area contributed by atoms with Crippen LogP contribution in [0.4, 0.5) is 0 Å². The zero-order chi connectivity index (χ0) is 11.4. The van der Waals surface area contributed by atoms with Crippen molar-refractivity contribution in [1.82, 2.24) is 20.4 Å². The molecule has 1 saturated carbocycles. The van der Waals surface area contributed by atoms with E-state index >= 15 is 0 Å². The molecule has 16 heavy (non-hydrogen) atoms. The molecule has 90 valence electrons. The summed E-state index contributed by atoms with van der Waals surface area (Å²) in [7, 11) is 1.91. The molecule has 0 radical (unpaired) electrons. The zero-order valence-electron chi connectivity index (χ0n) is 9.89. The molecule has 1 atom stereocenters. The summed E-state index contributed by atoms with van der Waals surface area (Å²) in [6.45, 7) is 0. The van der Waals surface area contributed by atoms with Crippen molar-refractivity contribution in [1.29, 1.82) is 0 Å². The second kappa shape index (κ2) is 5.41. The number of nitrogens with zero attached hydrogens (tertiary/aromatic N) is 3. The topological polar surface area (TPSA) is 68.8 Å². The van der Waals surface area contributed by atoms with E-state index < -0.39 is 0 Å². The minimum absolute atomic E-state index is 0.181. The molecule has 0 saturated heterocycles. The van der Waals surface area contributed by atoms with Gasteiger partial charge in [-0.1, -0.05) is 30.9 Å². The normalized spacial score (nSPS) is 19.1. The Balaban J connectivity index is 1.88. The van der Waals surface area contributed by atoms with Gasteiger partial charge in [0.15, 0.2) is 0 Å². The van der Waals surface area contributed by atoms with Gasteiger partial charge in [0, 0.05) is 7.05 Å². The summed E-state index contributed by atoms with van der Waals surface area (Å²) in [6.07, 6.45) is 9.70. The molecule has 0 bridgehead atoms. The van der Waals surface area contributed by atoms with Crippen LogP contribution in [-0.4, -0.2) is 15.0 Å². The predicted octanol–water partition coefficient (Wildman–Crippen LogP) is 1.29. The lowest BCUT2D eigenvalue weighted by molar-refractivity contribution is 0.402. The number of nitrogens with one attached hydrogen (secondary N) is 1. The van der Waals surface area contributed by atoms with Gasteiger partial charge in [0.25, 0.3) is 0 Å². The van der Waals surface area contributed by atoms with E-state index in [2.05, 4.69) is 15.7 Å². The zero-order valence-corrected chi connectivity index (χ0v) is 9.89. The van der Waals surface area contributed by atoms with Crippen LogP contribution in [0.15, 0.2) is 6.20 Å². The smallest absolute Gasteiger partial charge is 0.0766 e. The van der Waals surface area contributed by atoms with Crippen molar-refractivity contribution in [3.63, 3.8) is 0 Å². The molecule has 1 fully saturated rings. The maximum absolute atomic E-state index is 5.60. The lowest BCUT2D eigenvalue weighted by Crippen LogP contribution is -2.29. The monoisotopic (exact) mass is 223 g/mol. The molecule has 0 spiro atoms. The van der Waals surface area contributed by atoms with Gasteiger partial charge in [0.1, 0.15) is 0 Å². The Labute approximate surface area is 96.4 Å². The standard InChI is InChI=1S/C11H21N5/c1-16-11(8-13-15-16)10(14-12)7-6-9-4-2-3-5-9/h8-10,14H,2-7,12H2,1H3. The van der Waals surface area contributed by atoms with Gasteiger partial charge >= 0.3 is 0 Å². The fourth-order valence-corrected chi connectivity index (χ4v) is 2.63. The van der Waals surface area contributed by atoms with E-state index in [1.165, 1.54) is 32.1 Å². The Morgan fingerprint density at radius 3 is 2.88 bits per heavy atom. The molecule has 1 heterocycles. The van der Waals surface area contributed by atoms with Crippen LogP contribution in [0, 0.1) is 5.92 Å². The predicted molar refractivity (Wildman–Crippen MR) is 62.3 cm³/mol. The Morgan fingerprint density at radius 1 is 1.56 bits per heavy atom. The molecule has 1 aliphatic carbocycles. The highest BCUT2D eigenvalue weighted by atomic mass is 15.4. The van der Waals surface area contributed by atoms with E-state index in [4.69, 9.17) is 5.84 Å². The van der Waals surface area contributed by atoms with Crippen LogP contribution in [0.1, 0.15) is 50.3 Å². The number of aromatic nitrogens is 3. The number of hydrogen-bond acceptors (Lipinski definition) is 4. The lowest BCUT2D eigenvalue weighted by Gasteiger charge is -2.17. The highest BCUT2D eigenvalue weighted by Crippen LogP contribution is 2.30. The average Bonchev–Trinajstić information content (AvgIpc) is 2.92. The van der Waals surface area contributed by atoms with Gasteiger partial charge in [-0.15, -0.1) is 5.10 Å². The Morgan fingerprint density at radius 2 is 2.31 bits per heavy atom. The summed E-state index contributed by atoms with van der Waals surface area (Å²) in [4.78, 5) is 0. The second-order valence-corrected chi connectivity index (χ2v) is 4.73. The van der Waals surface area contributed by atoms with Crippen molar-refractivity contribution in [2.24, 2.45) is 18.8 Å². The Bertz CT molecular complexity index is 316. The third kappa shape index (κ3) is 2.59. The van der Waals surface area contributed by atoms with E-state index in [0.717, 1.165) is 18.0 Å². The molecule has 0 aliphatic heterocycles. The molecule has 1 aliphatic rings.